The molecule has 1 saturated carbocycles. The summed E-state index contributed by atoms with van der Waals surface area (Å²) in [5.74, 6) is 6.25. The van der Waals surface area contributed by atoms with E-state index in [0.29, 0.717) is 23.9 Å². The van der Waals surface area contributed by atoms with Crippen LogP contribution in [0.15, 0.2) is 23.1 Å². The highest BCUT2D eigenvalue weighted by Crippen LogP contribution is 2.28. The molecule has 21 heavy (non-hydrogen) atoms. The zero-order chi connectivity index (χ0) is 15.5. The van der Waals surface area contributed by atoms with E-state index in [1.165, 1.54) is 10.7 Å². The second kappa shape index (κ2) is 6.61. The average Bonchev–Trinajstić information content (AvgIpc) is 2.41. The Labute approximate surface area is 127 Å². The maximum Gasteiger partial charge on any atom is 0.242 e. The fraction of sp³-hybridized carbons (Fsp3) is 0.500. The first kappa shape index (κ1) is 16.0. The molecule has 0 heterocycles. The number of sulfonamides is 1. The van der Waals surface area contributed by atoms with Gasteiger partial charge in [-0.25, -0.2) is 12.7 Å². The van der Waals surface area contributed by atoms with Gasteiger partial charge in [-0.2, -0.15) is 0 Å². The van der Waals surface area contributed by atoms with Crippen LogP contribution in [0.2, 0.25) is 0 Å². The molecule has 0 unspecified atom stereocenters. The van der Waals surface area contributed by atoms with Crippen molar-refractivity contribution in [3.05, 3.63) is 29.3 Å². The Bertz CT molecular complexity index is 667. The van der Waals surface area contributed by atoms with Crippen molar-refractivity contribution in [1.29, 1.82) is 0 Å². The molecule has 0 amide bonds. The van der Waals surface area contributed by atoms with E-state index in [2.05, 4.69) is 11.8 Å². The van der Waals surface area contributed by atoms with E-state index in [9.17, 15) is 8.42 Å². The molecule has 4 nitrogen and oxygen atoms in total. The molecule has 1 aliphatic rings. The first-order valence-corrected chi connectivity index (χ1v) is 8.65. The van der Waals surface area contributed by atoms with E-state index in [-0.39, 0.29) is 0 Å². The van der Waals surface area contributed by atoms with E-state index >= 15 is 0 Å². The first-order chi connectivity index (χ1) is 9.95. The maximum atomic E-state index is 12.6. The molecular weight excluding hydrogens is 284 g/mol. The number of nitrogens with zero attached hydrogens (tertiary/aromatic N) is 1. The molecule has 0 atom stereocenters. The summed E-state index contributed by atoms with van der Waals surface area (Å²) in [5, 5.41) is 0. The number of nitrogens with two attached hydrogens (primary N) is 1. The van der Waals surface area contributed by atoms with Gasteiger partial charge in [0, 0.05) is 19.2 Å². The van der Waals surface area contributed by atoms with Gasteiger partial charge in [0.25, 0.3) is 0 Å². The zero-order valence-corrected chi connectivity index (χ0v) is 13.4. The molecule has 0 bridgehead atoms. The third-order valence-corrected chi connectivity index (χ3v) is 5.79. The van der Waals surface area contributed by atoms with Gasteiger partial charge in [0.15, 0.2) is 0 Å². The molecule has 2 rings (SSSR count). The zero-order valence-electron chi connectivity index (χ0n) is 12.6. The Morgan fingerprint density at radius 2 is 2.10 bits per heavy atom. The van der Waals surface area contributed by atoms with Crippen molar-refractivity contribution in [3.8, 4) is 11.8 Å². The summed E-state index contributed by atoms with van der Waals surface area (Å²) in [6.07, 6.45) is 3.48. The van der Waals surface area contributed by atoms with Gasteiger partial charge in [-0.15, -0.1) is 0 Å². The fourth-order valence-electron chi connectivity index (χ4n) is 2.40. The van der Waals surface area contributed by atoms with Gasteiger partial charge in [-0.1, -0.05) is 18.3 Å². The molecule has 0 aromatic heterocycles. The quantitative estimate of drug-likeness (QED) is 0.862. The van der Waals surface area contributed by atoms with Crippen LogP contribution in [-0.2, 0) is 10.0 Å². The second-order valence-electron chi connectivity index (χ2n) is 5.57. The van der Waals surface area contributed by atoms with Crippen molar-refractivity contribution < 1.29 is 8.42 Å². The van der Waals surface area contributed by atoms with Crippen LogP contribution in [-0.4, -0.2) is 32.9 Å². The Hall–Kier alpha value is -1.35. The Morgan fingerprint density at radius 3 is 2.62 bits per heavy atom. The molecule has 2 N–H and O–H groups in total. The molecule has 5 heteroatoms. The maximum absolute atomic E-state index is 12.6. The van der Waals surface area contributed by atoms with E-state index in [4.69, 9.17) is 5.73 Å². The molecule has 0 radical (unpaired) electrons. The standard InChI is InChI=1S/C16H22N2O2S/c1-13-11-16(9-8-15(13)7-4-10-17)21(19,20)18(2)12-14-5-3-6-14/h8-9,11,14H,3,5-6,10,12,17H2,1-2H3. The molecule has 0 aliphatic heterocycles. The van der Waals surface area contributed by atoms with Crippen molar-refractivity contribution in [2.24, 2.45) is 11.7 Å². The SMILES string of the molecule is Cc1cc(S(=O)(=O)N(C)CC2CCC2)ccc1C#CCN. The van der Waals surface area contributed by atoms with Gasteiger partial charge < -0.3 is 5.73 Å². The van der Waals surface area contributed by atoms with Crippen LogP contribution in [0.5, 0.6) is 0 Å². The summed E-state index contributed by atoms with van der Waals surface area (Å²) in [6, 6.07) is 5.06. The Balaban J connectivity index is 2.21. The minimum Gasteiger partial charge on any atom is -0.320 e. The minimum atomic E-state index is -3.41. The van der Waals surface area contributed by atoms with Crippen LogP contribution < -0.4 is 5.73 Å². The lowest BCUT2D eigenvalue weighted by atomic mass is 9.86. The summed E-state index contributed by atoms with van der Waals surface area (Å²) < 4.78 is 26.6. The fourth-order valence-corrected chi connectivity index (χ4v) is 3.73. The number of hydrogen-bond donors (Lipinski definition) is 1. The summed E-state index contributed by atoms with van der Waals surface area (Å²) in [6.45, 7) is 2.77. The summed E-state index contributed by atoms with van der Waals surface area (Å²) in [7, 11) is -1.75. The number of hydrogen-bond acceptors (Lipinski definition) is 3. The second-order valence-corrected chi connectivity index (χ2v) is 7.61. The van der Waals surface area contributed by atoms with Crippen molar-refractivity contribution in [3.63, 3.8) is 0 Å². The van der Waals surface area contributed by atoms with Crippen LogP contribution in [0.25, 0.3) is 0 Å². The van der Waals surface area contributed by atoms with Crippen molar-refractivity contribution in [1.82, 2.24) is 4.31 Å². The summed E-state index contributed by atoms with van der Waals surface area (Å²) in [4.78, 5) is 0.333. The van der Waals surface area contributed by atoms with Crippen LogP contribution in [0.1, 0.15) is 30.4 Å². The van der Waals surface area contributed by atoms with Crippen LogP contribution >= 0.6 is 0 Å². The van der Waals surface area contributed by atoms with Crippen molar-refractivity contribution in [2.75, 3.05) is 20.1 Å². The largest absolute Gasteiger partial charge is 0.320 e. The van der Waals surface area contributed by atoms with Crippen molar-refractivity contribution in [2.45, 2.75) is 31.1 Å². The third-order valence-electron chi connectivity index (χ3n) is 3.97. The van der Waals surface area contributed by atoms with E-state index in [0.717, 1.165) is 24.0 Å². The number of aryl methyl sites for hydroxylation is 1. The van der Waals surface area contributed by atoms with Gasteiger partial charge in [-0.3, -0.25) is 0 Å². The third kappa shape index (κ3) is 3.65. The Morgan fingerprint density at radius 1 is 1.38 bits per heavy atom. The average molecular weight is 306 g/mol. The van der Waals surface area contributed by atoms with Gasteiger partial charge >= 0.3 is 0 Å². The van der Waals surface area contributed by atoms with E-state index < -0.39 is 10.0 Å². The highest BCUT2D eigenvalue weighted by atomic mass is 32.2. The molecule has 1 aromatic rings. The van der Waals surface area contributed by atoms with Gasteiger partial charge in [0.1, 0.15) is 0 Å². The minimum absolute atomic E-state index is 0.295. The lowest BCUT2D eigenvalue weighted by molar-refractivity contribution is 0.263. The molecule has 1 aliphatic carbocycles. The number of benzene rings is 1. The van der Waals surface area contributed by atoms with Gasteiger partial charge in [-0.05, 0) is 49.4 Å². The monoisotopic (exact) mass is 306 g/mol. The lowest BCUT2D eigenvalue weighted by Gasteiger charge is -2.29. The first-order valence-electron chi connectivity index (χ1n) is 7.21. The normalized spacial score (nSPS) is 15.4. The highest BCUT2D eigenvalue weighted by Gasteiger charge is 2.26. The molecular formula is C16H22N2O2S. The molecule has 1 aromatic carbocycles. The number of rotatable bonds is 4. The predicted octanol–water partition coefficient (Wildman–Crippen LogP) is 1.73. The van der Waals surface area contributed by atoms with Crippen LogP contribution in [0.4, 0.5) is 0 Å². The summed E-state index contributed by atoms with van der Waals surface area (Å²) in [5.41, 5.74) is 7.03. The van der Waals surface area contributed by atoms with Crippen LogP contribution in [0, 0.1) is 24.7 Å². The predicted molar refractivity (Wildman–Crippen MR) is 84.3 cm³/mol. The summed E-state index contributed by atoms with van der Waals surface area (Å²) >= 11 is 0. The lowest BCUT2D eigenvalue weighted by Crippen LogP contribution is -2.34. The van der Waals surface area contributed by atoms with Gasteiger partial charge in [0.2, 0.25) is 10.0 Å². The van der Waals surface area contributed by atoms with E-state index in [1.54, 1.807) is 25.2 Å². The van der Waals surface area contributed by atoms with Crippen LogP contribution in [0.3, 0.4) is 0 Å². The smallest absolute Gasteiger partial charge is 0.242 e. The van der Waals surface area contributed by atoms with E-state index in [1.807, 2.05) is 6.92 Å². The Kier molecular flexibility index (Phi) is 5.04. The van der Waals surface area contributed by atoms with Gasteiger partial charge in [0.05, 0.1) is 11.4 Å². The van der Waals surface area contributed by atoms with Crippen molar-refractivity contribution >= 4 is 10.0 Å². The molecule has 1 fully saturated rings. The molecule has 0 saturated heterocycles. The highest BCUT2D eigenvalue weighted by molar-refractivity contribution is 7.89. The topological polar surface area (TPSA) is 63.4 Å². The molecule has 114 valence electrons. The molecule has 0 spiro atoms.